The van der Waals surface area contributed by atoms with E-state index in [4.69, 9.17) is 11.6 Å². The van der Waals surface area contributed by atoms with E-state index in [1.807, 2.05) is 66.5 Å². The van der Waals surface area contributed by atoms with Crippen molar-refractivity contribution < 1.29 is 4.79 Å². The molecule has 0 saturated heterocycles. The Morgan fingerprint density at radius 3 is 2.67 bits per heavy atom. The van der Waals surface area contributed by atoms with Crippen molar-refractivity contribution in [2.24, 2.45) is 0 Å². The zero-order chi connectivity index (χ0) is 24.6. The zero-order valence-corrected chi connectivity index (χ0v) is 20.5. The Kier molecular flexibility index (Phi) is 5.77. The molecular formula is C28H24ClN6O. The molecule has 5 aromatic rings. The molecule has 0 atom stereocenters. The fourth-order valence-electron chi connectivity index (χ4n) is 4.77. The molecule has 8 heteroatoms. The van der Waals surface area contributed by atoms with Crippen molar-refractivity contribution in [1.82, 2.24) is 24.3 Å². The number of benzene rings is 2. The molecule has 1 saturated carbocycles. The number of carbonyl (C=O) groups excluding carboxylic acids is 1. The summed E-state index contributed by atoms with van der Waals surface area (Å²) < 4.78 is 3.54. The van der Waals surface area contributed by atoms with E-state index >= 15 is 0 Å². The van der Waals surface area contributed by atoms with Crippen molar-refractivity contribution in [3.63, 3.8) is 0 Å². The summed E-state index contributed by atoms with van der Waals surface area (Å²) in [6.45, 7) is 1.94. The molecule has 0 spiro atoms. The Labute approximate surface area is 213 Å². The van der Waals surface area contributed by atoms with E-state index in [1.54, 1.807) is 16.8 Å². The SMILES string of the molecule is Cc1c(Cl)cccc1Nc1ccccc1C(=O)n1ccc2c(-c3cnn([C]4CCCC4)c3)ncnc21. The quantitative estimate of drug-likeness (QED) is 0.295. The number of carbonyl (C=O) groups is 1. The van der Waals surface area contributed by atoms with Crippen LogP contribution in [-0.4, -0.2) is 30.2 Å². The Hall–Kier alpha value is -3.97. The summed E-state index contributed by atoms with van der Waals surface area (Å²) in [7, 11) is 0. The summed E-state index contributed by atoms with van der Waals surface area (Å²) in [6, 6.07) is 16.3. The highest BCUT2D eigenvalue weighted by Crippen LogP contribution is 2.32. The maximum atomic E-state index is 13.7. The normalized spacial score (nSPS) is 13.9. The molecule has 0 bridgehead atoms. The molecule has 0 aliphatic heterocycles. The van der Waals surface area contributed by atoms with Crippen molar-refractivity contribution in [3.05, 3.63) is 95.6 Å². The molecule has 3 aromatic heterocycles. The Morgan fingerprint density at radius 1 is 1.00 bits per heavy atom. The highest BCUT2D eigenvalue weighted by atomic mass is 35.5. The van der Waals surface area contributed by atoms with Crippen LogP contribution in [0, 0.1) is 13.0 Å². The van der Waals surface area contributed by atoms with Crippen LogP contribution in [0.1, 0.15) is 41.6 Å². The molecule has 1 N–H and O–H groups in total. The number of para-hydroxylation sites is 1. The lowest BCUT2D eigenvalue weighted by atomic mass is 10.1. The van der Waals surface area contributed by atoms with Gasteiger partial charge in [-0.3, -0.25) is 14.0 Å². The number of hydrogen-bond acceptors (Lipinski definition) is 5. The Bertz CT molecular complexity index is 1580. The maximum absolute atomic E-state index is 13.7. The van der Waals surface area contributed by atoms with Crippen LogP contribution in [0.2, 0.25) is 5.02 Å². The molecule has 1 aliphatic rings. The topological polar surface area (TPSA) is 77.6 Å². The van der Waals surface area contributed by atoms with E-state index < -0.39 is 0 Å². The predicted molar refractivity (Wildman–Crippen MR) is 142 cm³/mol. The minimum Gasteiger partial charge on any atom is -0.355 e. The van der Waals surface area contributed by atoms with Gasteiger partial charge in [0.2, 0.25) is 0 Å². The van der Waals surface area contributed by atoms with Gasteiger partial charge in [-0.05, 0) is 55.7 Å². The summed E-state index contributed by atoms with van der Waals surface area (Å²) in [5.74, 6) is -0.186. The van der Waals surface area contributed by atoms with E-state index in [0.717, 1.165) is 40.7 Å². The smallest absolute Gasteiger partial charge is 0.265 e. The second kappa shape index (κ2) is 9.24. The first-order valence-corrected chi connectivity index (χ1v) is 12.4. The van der Waals surface area contributed by atoms with Crippen LogP contribution in [0.4, 0.5) is 11.4 Å². The summed E-state index contributed by atoms with van der Waals surface area (Å²) in [5, 5.41) is 9.41. The molecule has 0 unspecified atom stereocenters. The second-order valence-corrected chi connectivity index (χ2v) is 9.39. The summed E-state index contributed by atoms with van der Waals surface area (Å²) in [4.78, 5) is 22.7. The number of aromatic nitrogens is 5. The van der Waals surface area contributed by atoms with Gasteiger partial charge in [0.05, 0.1) is 29.2 Å². The molecule has 1 fully saturated rings. The fraction of sp³-hybridized carbons (Fsp3) is 0.179. The van der Waals surface area contributed by atoms with Crippen molar-refractivity contribution >= 4 is 39.9 Å². The van der Waals surface area contributed by atoms with Gasteiger partial charge in [-0.2, -0.15) is 5.10 Å². The van der Waals surface area contributed by atoms with Crippen LogP contribution in [0.15, 0.2) is 73.4 Å². The molecule has 6 rings (SSSR count). The van der Waals surface area contributed by atoms with Gasteiger partial charge in [0.1, 0.15) is 6.33 Å². The van der Waals surface area contributed by atoms with Crippen LogP contribution in [0.25, 0.3) is 22.3 Å². The molecule has 1 radical (unpaired) electrons. The zero-order valence-electron chi connectivity index (χ0n) is 19.8. The summed E-state index contributed by atoms with van der Waals surface area (Å²) >= 11 is 6.30. The summed E-state index contributed by atoms with van der Waals surface area (Å²) in [5.41, 5.74) is 5.21. The van der Waals surface area contributed by atoms with Gasteiger partial charge in [-0.1, -0.05) is 42.6 Å². The maximum Gasteiger partial charge on any atom is 0.265 e. The molecule has 7 nitrogen and oxygen atoms in total. The minimum absolute atomic E-state index is 0.186. The highest BCUT2D eigenvalue weighted by Gasteiger charge is 2.22. The predicted octanol–water partition coefficient (Wildman–Crippen LogP) is 6.64. The third-order valence-corrected chi connectivity index (χ3v) is 7.16. The highest BCUT2D eigenvalue weighted by molar-refractivity contribution is 6.31. The minimum atomic E-state index is -0.186. The average molecular weight is 496 g/mol. The number of nitrogens with zero attached hydrogens (tertiary/aromatic N) is 5. The third-order valence-electron chi connectivity index (χ3n) is 6.76. The molecule has 2 aromatic carbocycles. The van der Waals surface area contributed by atoms with Crippen molar-refractivity contribution in [1.29, 1.82) is 0 Å². The van der Waals surface area contributed by atoms with Gasteiger partial charge in [0, 0.05) is 34.1 Å². The number of halogens is 1. The van der Waals surface area contributed by atoms with E-state index in [-0.39, 0.29) is 5.91 Å². The lowest BCUT2D eigenvalue weighted by Gasteiger charge is -2.14. The molecule has 0 amide bonds. The number of hydrogen-bond donors (Lipinski definition) is 1. The molecule has 3 heterocycles. The van der Waals surface area contributed by atoms with Gasteiger partial charge >= 0.3 is 0 Å². The van der Waals surface area contributed by atoms with Gasteiger partial charge in [-0.15, -0.1) is 0 Å². The fourth-order valence-corrected chi connectivity index (χ4v) is 4.95. The largest absolute Gasteiger partial charge is 0.355 e. The van der Waals surface area contributed by atoms with Crippen molar-refractivity contribution in [3.8, 4) is 11.3 Å². The van der Waals surface area contributed by atoms with Gasteiger partial charge in [-0.25, -0.2) is 9.97 Å². The molecule has 179 valence electrons. The lowest BCUT2D eigenvalue weighted by Crippen LogP contribution is -2.13. The lowest BCUT2D eigenvalue weighted by molar-refractivity contribution is 0.0965. The Morgan fingerprint density at radius 2 is 1.81 bits per heavy atom. The standard InChI is InChI=1S/C28H24ClN6O/c1-18-23(29)10-6-12-24(18)33-25-11-5-4-9-21(25)28(36)34-14-13-22-26(30-17-31-27(22)34)19-15-32-35(16-19)20-7-2-3-8-20/h4-6,9-17,33H,2-3,7-8H2,1H3. The molecular weight excluding hydrogens is 472 g/mol. The van der Waals surface area contributed by atoms with Crippen molar-refractivity contribution in [2.75, 3.05) is 5.32 Å². The first kappa shape index (κ1) is 22.5. The number of rotatable bonds is 5. The van der Waals surface area contributed by atoms with Crippen LogP contribution in [0.3, 0.4) is 0 Å². The van der Waals surface area contributed by atoms with Gasteiger partial charge in [0.25, 0.3) is 5.91 Å². The first-order chi connectivity index (χ1) is 17.6. The number of nitrogens with one attached hydrogen (secondary N) is 1. The molecule has 1 aliphatic carbocycles. The van der Waals surface area contributed by atoms with E-state index in [2.05, 4.69) is 20.4 Å². The number of fused-ring (bicyclic) bond motifs is 1. The Balaban J connectivity index is 1.36. The summed E-state index contributed by atoms with van der Waals surface area (Å²) in [6.07, 6.45) is 11.7. The molecule has 36 heavy (non-hydrogen) atoms. The van der Waals surface area contributed by atoms with E-state index in [0.29, 0.717) is 21.9 Å². The average Bonchev–Trinajstić information content (AvgIpc) is 3.67. The van der Waals surface area contributed by atoms with E-state index in [9.17, 15) is 4.79 Å². The van der Waals surface area contributed by atoms with Gasteiger partial charge in [0.15, 0.2) is 5.65 Å². The second-order valence-electron chi connectivity index (χ2n) is 8.98. The van der Waals surface area contributed by atoms with Crippen LogP contribution < -0.4 is 5.32 Å². The van der Waals surface area contributed by atoms with Crippen LogP contribution in [0.5, 0.6) is 0 Å². The van der Waals surface area contributed by atoms with E-state index in [1.165, 1.54) is 25.2 Å². The third kappa shape index (κ3) is 3.95. The van der Waals surface area contributed by atoms with Crippen molar-refractivity contribution in [2.45, 2.75) is 32.6 Å². The van der Waals surface area contributed by atoms with Crippen LogP contribution >= 0.6 is 11.6 Å². The first-order valence-electron chi connectivity index (χ1n) is 12.0. The monoisotopic (exact) mass is 495 g/mol. The van der Waals surface area contributed by atoms with Gasteiger partial charge < -0.3 is 5.32 Å². The van der Waals surface area contributed by atoms with Crippen LogP contribution in [-0.2, 0) is 0 Å². The number of anilines is 2.